The Morgan fingerprint density at radius 2 is 2.05 bits per heavy atom. The maximum absolute atomic E-state index is 12.1. The highest BCUT2D eigenvalue weighted by Gasteiger charge is 2.10. The van der Waals surface area contributed by atoms with Crippen molar-refractivity contribution >= 4 is 23.5 Å². The van der Waals surface area contributed by atoms with Gasteiger partial charge in [0.15, 0.2) is 0 Å². The van der Waals surface area contributed by atoms with Crippen LogP contribution in [0.4, 0.5) is 5.95 Å². The molecule has 0 aliphatic carbocycles. The number of nitrogens with one attached hydrogen (secondary N) is 1. The summed E-state index contributed by atoms with van der Waals surface area (Å²) in [5.41, 5.74) is 7.06. The van der Waals surface area contributed by atoms with Gasteiger partial charge in [0.2, 0.25) is 11.8 Å². The molecule has 0 bridgehead atoms. The maximum atomic E-state index is 12.1. The van der Waals surface area contributed by atoms with E-state index in [-0.39, 0.29) is 22.9 Å². The van der Waals surface area contributed by atoms with Gasteiger partial charge in [0.05, 0.1) is 7.11 Å². The molecule has 1 aromatic carbocycles. The van der Waals surface area contributed by atoms with Crippen molar-refractivity contribution in [3.63, 3.8) is 0 Å². The molecule has 0 fully saturated rings. The fourth-order valence-electron chi connectivity index (χ4n) is 1.72. The number of hydrogen-bond donors (Lipinski definition) is 2. The van der Waals surface area contributed by atoms with Crippen LogP contribution in [0, 0.1) is 0 Å². The van der Waals surface area contributed by atoms with E-state index >= 15 is 0 Å². The molecule has 3 N–H and O–H groups in total. The average molecular weight is 307 g/mol. The number of hydrogen-bond acceptors (Lipinski definition) is 5. The molecule has 2 rings (SSSR count). The number of nitrogens with two attached hydrogens (primary N) is 1. The molecule has 0 radical (unpaired) electrons. The number of halogens is 1. The van der Waals surface area contributed by atoms with E-state index in [1.807, 2.05) is 12.1 Å². The van der Waals surface area contributed by atoms with Crippen molar-refractivity contribution in [2.45, 2.75) is 6.42 Å². The molecule has 1 heterocycles. The lowest BCUT2D eigenvalue weighted by Crippen LogP contribution is -2.14. The van der Waals surface area contributed by atoms with Crippen LogP contribution in [0.15, 0.2) is 30.3 Å². The topological polar surface area (TPSA) is 90.1 Å². The smallest absolute Gasteiger partial charge is 0.258 e. The van der Waals surface area contributed by atoms with Crippen LogP contribution in [0.1, 0.15) is 15.9 Å². The van der Waals surface area contributed by atoms with Crippen LogP contribution in [0.3, 0.4) is 0 Å². The van der Waals surface area contributed by atoms with E-state index in [4.69, 9.17) is 22.1 Å². The Hall–Kier alpha value is -2.18. The van der Waals surface area contributed by atoms with Crippen LogP contribution in [0.5, 0.6) is 5.88 Å². The highest BCUT2D eigenvalue weighted by Crippen LogP contribution is 2.16. The minimum Gasteiger partial charge on any atom is -0.481 e. The Morgan fingerprint density at radius 3 is 2.67 bits per heavy atom. The Balaban J connectivity index is 2.12. The summed E-state index contributed by atoms with van der Waals surface area (Å²) >= 11 is 5.82. The summed E-state index contributed by atoms with van der Waals surface area (Å²) in [6.45, 7) is 0.571. The summed E-state index contributed by atoms with van der Waals surface area (Å²) in [6.07, 6.45) is 0.774. The van der Waals surface area contributed by atoms with Gasteiger partial charge in [0, 0.05) is 11.6 Å². The third-order valence-electron chi connectivity index (χ3n) is 2.75. The minimum absolute atomic E-state index is 0.0929. The zero-order valence-electron chi connectivity index (χ0n) is 11.5. The van der Waals surface area contributed by atoms with E-state index in [1.165, 1.54) is 13.2 Å². The predicted molar refractivity (Wildman–Crippen MR) is 80.7 cm³/mol. The van der Waals surface area contributed by atoms with Gasteiger partial charge in [-0.05, 0) is 30.7 Å². The lowest BCUT2D eigenvalue weighted by molar-refractivity contribution is 0.102. The standard InChI is InChI=1S/C14H15ClN4O2/c1-21-12-8-11(15)17-14(18-12)19-13(20)10-4-2-9(3-5-10)6-7-16/h2-5,8H,6-7,16H2,1H3,(H,17,18,19,20). The van der Waals surface area contributed by atoms with Crippen molar-refractivity contribution < 1.29 is 9.53 Å². The molecule has 21 heavy (non-hydrogen) atoms. The van der Waals surface area contributed by atoms with Gasteiger partial charge in [-0.15, -0.1) is 0 Å². The molecule has 6 nitrogen and oxygen atoms in total. The van der Waals surface area contributed by atoms with Crippen LogP contribution >= 0.6 is 11.6 Å². The van der Waals surface area contributed by atoms with Gasteiger partial charge in [0.25, 0.3) is 5.91 Å². The van der Waals surface area contributed by atoms with Crippen molar-refractivity contribution in [2.24, 2.45) is 5.73 Å². The molecule has 0 spiro atoms. The summed E-state index contributed by atoms with van der Waals surface area (Å²) in [4.78, 5) is 20.0. The van der Waals surface area contributed by atoms with Gasteiger partial charge in [0.1, 0.15) is 5.15 Å². The Bertz CT molecular complexity index is 631. The van der Waals surface area contributed by atoms with E-state index < -0.39 is 0 Å². The quantitative estimate of drug-likeness (QED) is 0.823. The van der Waals surface area contributed by atoms with Gasteiger partial charge in [-0.2, -0.15) is 4.98 Å². The first-order chi connectivity index (χ1) is 10.1. The molecule has 1 aromatic heterocycles. The van der Waals surface area contributed by atoms with Crippen molar-refractivity contribution in [2.75, 3.05) is 19.0 Å². The van der Waals surface area contributed by atoms with Crippen molar-refractivity contribution in [1.29, 1.82) is 0 Å². The second kappa shape index (κ2) is 7.01. The number of carbonyl (C=O) groups excluding carboxylic acids is 1. The number of anilines is 1. The van der Waals surface area contributed by atoms with Gasteiger partial charge in [-0.25, -0.2) is 4.98 Å². The zero-order valence-corrected chi connectivity index (χ0v) is 12.2. The fraction of sp³-hybridized carbons (Fsp3) is 0.214. The highest BCUT2D eigenvalue weighted by atomic mass is 35.5. The van der Waals surface area contributed by atoms with Crippen LogP contribution < -0.4 is 15.8 Å². The monoisotopic (exact) mass is 306 g/mol. The first kappa shape index (κ1) is 15.2. The average Bonchev–Trinajstić information content (AvgIpc) is 2.47. The first-order valence-corrected chi connectivity index (χ1v) is 6.69. The van der Waals surface area contributed by atoms with E-state index in [2.05, 4.69) is 15.3 Å². The predicted octanol–water partition coefficient (Wildman–Crippen LogP) is 1.89. The lowest BCUT2D eigenvalue weighted by atomic mass is 10.1. The molecule has 110 valence electrons. The maximum Gasteiger partial charge on any atom is 0.258 e. The normalized spacial score (nSPS) is 10.2. The van der Waals surface area contributed by atoms with Crippen LogP contribution in [0.2, 0.25) is 5.15 Å². The highest BCUT2D eigenvalue weighted by molar-refractivity contribution is 6.29. The van der Waals surface area contributed by atoms with E-state index in [1.54, 1.807) is 12.1 Å². The number of aromatic nitrogens is 2. The second-order valence-electron chi connectivity index (χ2n) is 4.25. The SMILES string of the molecule is COc1cc(Cl)nc(NC(=O)c2ccc(CCN)cc2)n1. The summed E-state index contributed by atoms with van der Waals surface area (Å²) < 4.78 is 4.97. The molecule has 0 saturated carbocycles. The van der Waals surface area contributed by atoms with E-state index in [0.717, 1.165) is 12.0 Å². The molecule has 1 amide bonds. The van der Waals surface area contributed by atoms with Crippen molar-refractivity contribution in [3.05, 3.63) is 46.6 Å². The molecular weight excluding hydrogens is 292 g/mol. The number of ether oxygens (including phenoxy) is 1. The molecule has 0 aliphatic rings. The van der Waals surface area contributed by atoms with Gasteiger partial charge >= 0.3 is 0 Å². The molecule has 0 unspecified atom stereocenters. The summed E-state index contributed by atoms with van der Waals surface area (Å²) in [7, 11) is 1.46. The molecule has 0 saturated heterocycles. The summed E-state index contributed by atoms with van der Waals surface area (Å²) in [5.74, 6) is 0.0533. The van der Waals surface area contributed by atoms with Crippen LogP contribution in [0.25, 0.3) is 0 Å². The number of carbonyl (C=O) groups is 1. The van der Waals surface area contributed by atoms with Crippen molar-refractivity contribution in [1.82, 2.24) is 9.97 Å². The number of nitrogens with zero attached hydrogens (tertiary/aromatic N) is 2. The molecular formula is C14H15ClN4O2. The third-order valence-corrected chi connectivity index (χ3v) is 2.95. The van der Waals surface area contributed by atoms with Crippen molar-refractivity contribution in [3.8, 4) is 5.88 Å². The number of rotatable bonds is 5. The van der Waals surface area contributed by atoms with Crippen LogP contribution in [-0.2, 0) is 6.42 Å². The number of benzene rings is 1. The van der Waals surface area contributed by atoms with E-state index in [9.17, 15) is 4.79 Å². The Kier molecular flexibility index (Phi) is 5.08. The Labute approximate surface area is 127 Å². The van der Waals surface area contributed by atoms with Crippen LogP contribution in [-0.4, -0.2) is 29.5 Å². The second-order valence-corrected chi connectivity index (χ2v) is 4.63. The summed E-state index contributed by atoms with van der Waals surface area (Å²) in [6, 6.07) is 8.63. The lowest BCUT2D eigenvalue weighted by Gasteiger charge is -2.06. The first-order valence-electron chi connectivity index (χ1n) is 6.31. The summed E-state index contributed by atoms with van der Waals surface area (Å²) in [5, 5.41) is 2.77. The largest absolute Gasteiger partial charge is 0.481 e. The molecule has 0 aliphatic heterocycles. The minimum atomic E-state index is -0.321. The van der Waals surface area contributed by atoms with Gasteiger partial charge in [-0.1, -0.05) is 23.7 Å². The third kappa shape index (κ3) is 4.14. The van der Waals surface area contributed by atoms with E-state index in [0.29, 0.717) is 12.1 Å². The fourth-order valence-corrected chi connectivity index (χ4v) is 1.89. The number of amides is 1. The molecule has 7 heteroatoms. The van der Waals surface area contributed by atoms with Gasteiger partial charge < -0.3 is 10.5 Å². The Morgan fingerprint density at radius 1 is 1.33 bits per heavy atom. The molecule has 0 atom stereocenters. The molecule has 2 aromatic rings. The number of methoxy groups -OCH3 is 1. The zero-order chi connectivity index (χ0) is 15.2. The van der Waals surface area contributed by atoms with Gasteiger partial charge in [-0.3, -0.25) is 10.1 Å².